The summed E-state index contributed by atoms with van der Waals surface area (Å²) in [6.45, 7) is 1.14. The third-order valence-electron chi connectivity index (χ3n) is 4.79. The van der Waals surface area contributed by atoms with E-state index in [1.807, 2.05) is 6.33 Å². The van der Waals surface area contributed by atoms with Gasteiger partial charge in [-0.2, -0.15) is 0 Å². The molecule has 3 heteroatoms. The second kappa shape index (κ2) is 5.06. The van der Waals surface area contributed by atoms with Crippen molar-refractivity contribution in [1.82, 2.24) is 14.9 Å². The Bertz CT molecular complexity index is 571. The minimum Gasteiger partial charge on any atom is -0.329 e. The van der Waals surface area contributed by atoms with E-state index in [9.17, 15) is 0 Å². The molecular formula is C17H21N3. The van der Waals surface area contributed by atoms with Crippen LogP contribution in [0.25, 0.3) is 0 Å². The van der Waals surface area contributed by atoms with Gasteiger partial charge in [0.2, 0.25) is 0 Å². The average Bonchev–Trinajstić information content (AvgIpc) is 3.14. The third kappa shape index (κ3) is 2.06. The van der Waals surface area contributed by atoms with Crippen LogP contribution in [-0.2, 0) is 12.8 Å². The summed E-state index contributed by atoms with van der Waals surface area (Å²) in [5, 5.41) is 3.65. The molecule has 2 heterocycles. The summed E-state index contributed by atoms with van der Waals surface area (Å²) in [5.74, 6) is 0. The number of imidazole rings is 1. The van der Waals surface area contributed by atoms with E-state index in [2.05, 4.69) is 45.3 Å². The highest BCUT2D eigenvalue weighted by atomic mass is 15.1. The van der Waals surface area contributed by atoms with E-state index in [-0.39, 0.29) is 0 Å². The minimum absolute atomic E-state index is 0.495. The zero-order valence-electron chi connectivity index (χ0n) is 11.8. The molecule has 0 spiro atoms. The van der Waals surface area contributed by atoms with Gasteiger partial charge in [-0.1, -0.05) is 30.7 Å². The number of nitrogens with one attached hydrogen (secondary N) is 1. The van der Waals surface area contributed by atoms with Crippen molar-refractivity contribution in [3.05, 3.63) is 53.6 Å². The quantitative estimate of drug-likeness (QED) is 0.906. The van der Waals surface area contributed by atoms with Crippen molar-refractivity contribution >= 4 is 0 Å². The first-order chi connectivity index (χ1) is 9.92. The average molecular weight is 267 g/mol. The van der Waals surface area contributed by atoms with Crippen molar-refractivity contribution in [1.29, 1.82) is 0 Å². The van der Waals surface area contributed by atoms with E-state index in [1.165, 1.54) is 36.1 Å². The Morgan fingerprint density at radius 2 is 1.90 bits per heavy atom. The van der Waals surface area contributed by atoms with Gasteiger partial charge in [-0.3, -0.25) is 0 Å². The summed E-state index contributed by atoms with van der Waals surface area (Å²) < 4.78 is 2.42. The number of aromatic nitrogens is 2. The van der Waals surface area contributed by atoms with Crippen LogP contribution in [0.15, 0.2) is 36.8 Å². The molecule has 1 aliphatic heterocycles. The Labute approximate surface area is 120 Å². The van der Waals surface area contributed by atoms with Crippen LogP contribution in [0.3, 0.4) is 0 Å². The fourth-order valence-corrected chi connectivity index (χ4v) is 3.73. The summed E-state index contributed by atoms with van der Waals surface area (Å²) in [6.07, 6.45) is 10.3. The second-order valence-corrected chi connectivity index (χ2v) is 6.06. The number of benzene rings is 1. The van der Waals surface area contributed by atoms with Gasteiger partial charge in [0.25, 0.3) is 0 Å². The first-order valence-corrected chi connectivity index (χ1v) is 7.74. The molecular weight excluding hydrogens is 246 g/mol. The van der Waals surface area contributed by atoms with Gasteiger partial charge in [0, 0.05) is 18.3 Å². The van der Waals surface area contributed by atoms with E-state index in [0.717, 1.165) is 19.4 Å². The van der Waals surface area contributed by atoms with E-state index in [0.29, 0.717) is 12.1 Å². The van der Waals surface area contributed by atoms with Crippen molar-refractivity contribution < 1.29 is 0 Å². The summed E-state index contributed by atoms with van der Waals surface area (Å²) in [6, 6.07) is 9.89. The molecule has 3 nitrogen and oxygen atoms in total. The molecule has 1 aliphatic carbocycles. The fraction of sp³-hybridized carbons (Fsp3) is 0.471. The zero-order valence-corrected chi connectivity index (χ0v) is 11.8. The summed E-state index contributed by atoms with van der Waals surface area (Å²) in [5.41, 5.74) is 4.39. The molecule has 2 aliphatic rings. The summed E-state index contributed by atoms with van der Waals surface area (Å²) in [4.78, 5) is 4.43. The molecule has 1 aromatic carbocycles. The number of hydrogen-bond acceptors (Lipinski definition) is 2. The highest BCUT2D eigenvalue weighted by molar-refractivity contribution is 5.33. The van der Waals surface area contributed by atoms with Crippen LogP contribution in [0, 0.1) is 0 Å². The van der Waals surface area contributed by atoms with Crippen LogP contribution in [0.2, 0.25) is 0 Å². The van der Waals surface area contributed by atoms with Gasteiger partial charge >= 0.3 is 0 Å². The molecule has 1 aromatic heterocycles. The zero-order chi connectivity index (χ0) is 13.4. The number of nitrogens with zero attached hydrogens (tertiary/aromatic N) is 2. The molecule has 20 heavy (non-hydrogen) atoms. The molecule has 2 aromatic rings. The van der Waals surface area contributed by atoms with Crippen LogP contribution in [-0.4, -0.2) is 16.1 Å². The molecule has 1 N–H and O–H groups in total. The van der Waals surface area contributed by atoms with Gasteiger partial charge in [-0.25, -0.2) is 4.98 Å². The monoisotopic (exact) mass is 267 g/mol. The molecule has 0 saturated carbocycles. The maximum Gasteiger partial charge on any atom is 0.0951 e. The number of rotatable bonds is 2. The Balaban J connectivity index is 1.60. The molecule has 1 unspecified atom stereocenters. The molecule has 1 atom stereocenters. The second-order valence-electron chi connectivity index (χ2n) is 6.06. The lowest BCUT2D eigenvalue weighted by molar-refractivity contribution is 0.380. The van der Waals surface area contributed by atoms with Crippen molar-refractivity contribution in [3.63, 3.8) is 0 Å². The van der Waals surface area contributed by atoms with E-state index < -0.39 is 0 Å². The Morgan fingerprint density at radius 3 is 2.60 bits per heavy atom. The van der Waals surface area contributed by atoms with Gasteiger partial charge in [0.1, 0.15) is 0 Å². The number of hydrogen-bond donors (Lipinski definition) is 1. The lowest BCUT2D eigenvalue weighted by Crippen LogP contribution is -2.29. The molecule has 104 valence electrons. The van der Waals surface area contributed by atoms with Crippen LogP contribution in [0.1, 0.15) is 48.2 Å². The van der Waals surface area contributed by atoms with Crippen molar-refractivity contribution in [2.24, 2.45) is 0 Å². The fourth-order valence-electron chi connectivity index (χ4n) is 3.73. The number of fused-ring (bicyclic) bond motifs is 1. The molecule has 1 fully saturated rings. The SMILES string of the molecule is c1ccc2c(c1)CC(n1cncc1C1CCCCN1)C2. The predicted octanol–water partition coefficient (Wildman–Crippen LogP) is 3.04. The smallest absolute Gasteiger partial charge is 0.0951 e. The number of piperidine rings is 1. The Morgan fingerprint density at radius 1 is 1.10 bits per heavy atom. The summed E-state index contributed by atoms with van der Waals surface area (Å²) in [7, 11) is 0. The van der Waals surface area contributed by atoms with Gasteiger partial charge in [0.05, 0.1) is 12.0 Å². The van der Waals surface area contributed by atoms with Crippen LogP contribution in [0.4, 0.5) is 0 Å². The van der Waals surface area contributed by atoms with Gasteiger partial charge in [-0.05, 0) is 43.4 Å². The third-order valence-corrected chi connectivity index (χ3v) is 4.79. The van der Waals surface area contributed by atoms with Gasteiger partial charge < -0.3 is 9.88 Å². The maximum absolute atomic E-state index is 4.43. The molecule has 0 bridgehead atoms. The van der Waals surface area contributed by atoms with Crippen LogP contribution < -0.4 is 5.32 Å². The van der Waals surface area contributed by atoms with E-state index in [1.54, 1.807) is 0 Å². The predicted molar refractivity (Wildman–Crippen MR) is 79.7 cm³/mol. The molecule has 1 saturated heterocycles. The van der Waals surface area contributed by atoms with Gasteiger partial charge in [-0.15, -0.1) is 0 Å². The standard InChI is InChI=1S/C17H21N3/c1-2-6-14-10-15(9-13(14)5-1)20-12-18-11-17(20)16-7-3-4-8-19-16/h1-2,5-6,11-12,15-16,19H,3-4,7-10H2. The van der Waals surface area contributed by atoms with Gasteiger partial charge in [0.15, 0.2) is 0 Å². The van der Waals surface area contributed by atoms with Crippen molar-refractivity contribution in [3.8, 4) is 0 Å². The summed E-state index contributed by atoms with van der Waals surface area (Å²) >= 11 is 0. The van der Waals surface area contributed by atoms with Crippen LogP contribution >= 0.6 is 0 Å². The Hall–Kier alpha value is -1.61. The molecule has 0 radical (unpaired) electrons. The topological polar surface area (TPSA) is 29.9 Å². The minimum atomic E-state index is 0.495. The highest BCUT2D eigenvalue weighted by Gasteiger charge is 2.26. The normalized spacial score (nSPS) is 22.9. The first kappa shape index (κ1) is 12.2. The lowest BCUT2D eigenvalue weighted by atomic mass is 10.0. The molecule has 4 rings (SSSR count). The lowest BCUT2D eigenvalue weighted by Gasteiger charge is -2.26. The highest BCUT2D eigenvalue weighted by Crippen LogP contribution is 2.33. The Kier molecular flexibility index (Phi) is 3.07. The maximum atomic E-state index is 4.43. The van der Waals surface area contributed by atoms with E-state index in [4.69, 9.17) is 0 Å². The van der Waals surface area contributed by atoms with E-state index >= 15 is 0 Å². The first-order valence-electron chi connectivity index (χ1n) is 7.74. The van der Waals surface area contributed by atoms with Crippen LogP contribution in [0.5, 0.6) is 0 Å². The largest absolute Gasteiger partial charge is 0.329 e. The van der Waals surface area contributed by atoms with Crippen molar-refractivity contribution in [2.75, 3.05) is 6.54 Å². The molecule has 0 amide bonds. The van der Waals surface area contributed by atoms with Crippen molar-refractivity contribution in [2.45, 2.75) is 44.2 Å².